The van der Waals surface area contributed by atoms with Crippen LogP contribution in [0.4, 0.5) is 0 Å². The van der Waals surface area contributed by atoms with Gasteiger partial charge in [0.1, 0.15) is 5.75 Å². The normalized spacial score (nSPS) is 27.9. The highest BCUT2D eigenvalue weighted by Gasteiger charge is 2.40. The fourth-order valence-corrected chi connectivity index (χ4v) is 2.30. The second-order valence-corrected chi connectivity index (χ2v) is 4.00. The minimum Gasteiger partial charge on any atom is -0.493 e. The topological polar surface area (TPSA) is 59.6 Å². The van der Waals surface area contributed by atoms with E-state index in [4.69, 9.17) is 10.5 Å². The molecule has 2 aliphatic heterocycles. The average molecular weight is 203 g/mol. The molecule has 15 heavy (non-hydrogen) atoms. The Bertz CT molecular complexity index is 430. The van der Waals surface area contributed by atoms with Gasteiger partial charge in [-0.15, -0.1) is 0 Å². The Kier molecular flexibility index (Phi) is 1.65. The summed E-state index contributed by atoms with van der Waals surface area (Å²) in [6.07, 6.45) is 0.911. The van der Waals surface area contributed by atoms with Crippen LogP contribution >= 0.6 is 0 Å². The van der Waals surface area contributed by atoms with Crippen LogP contribution < -0.4 is 15.8 Å². The lowest BCUT2D eigenvalue weighted by Crippen LogP contribution is -2.48. The fourth-order valence-electron chi connectivity index (χ4n) is 2.30. The van der Waals surface area contributed by atoms with Gasteiger partial charge in [-0.3, -0.25) is 4.99 Å². The number of aliphatic imine (C=N–C) groups is 1. The van der Waals surface area contributed by atoms with E-state index in [0.717, 1.165) is 12.2 Å². The maximum absolute atomic E-state index is 5.70. The highest BCUT2D eigenvalue weighted by Crippen LogP contribution is 2.38. The Morgan fingerprint density at radius 3 is 3.07 bits per heavy atom. The molecule has 0 aromatic heterocycles. The molecule has 3 N–H and O–H groups in total. The molecule has 3 rings (SSSR count). The summed E-state index contributed by atoms with van der Waals surface area (Å²) in [7, 11) is 0. The number of para-hydroxylation sites is 1. The molecule has 0 bridgehead atoms. The summed E-state index contributed by atoms with van der Waals surface area (Å²) in [5, 5.41) is 3.27. The summed E-state index contributed by atoms with van der Waals surface area (Å²) < 4.78 is 5.61. The number of nitrogens with zero attached hydrogens (tertiary/aromatic N) is 1. The molecular formula is C11H13N3O. The van der Waals surface area contributed by atoms with Crippen LogP contribution in [0.5, 0.6) is 5.75 Å². The molecule has 0 saturated carbocycles. The molecule has 4 nitrogen and oxygen atoms in total. The number of benzene rings is 1. The molecular weight excluding hydrogens is 190 g/mol. The molecule has 0 radical (unpaired) electrons. The van der Waals surface area contributed by atoms with Gasteiger partial charge in [0, 0.05) is 12.0 Å². The van der Waals surface area contributed by atoms with Crippen molar-refractivity contribution in [2.24, 2.45) is 10.7 Å². The zero-order valence-electron chi connectivity index (χ0n) is 8.36. The van der Waals surface area contributed by atoms with Crippen molar-refractivity contribution in [2.75, 3.05) is 13.2 Å². The van der Waals surface area contributed by atoms with E-state index < -0.39 is 0 Å². The Morgan fingerprint density at radius 1 is 1.40 bits per heavy atom. The molecule has 4 heteroatoms. The van der Waals surface area contributed by atoms with Gasteiger partial charge in [-0.05, 0) is 6.07 Å². The highest BCUT2D eigenvalue weighted by atomic mass is 16.5. The number of guanidine groups is 1. The number of fused-ring (bicyclic) bond motifs is 2. The third-order valence-corrected chi connectivity index (χ3v) is 3.08. The second-order valence-electron chi connectivity index (χ2n) is 4.00. The Hall–Kier alpha value is -1.71. The summed E-state index contributed by atoms with van der Waals surface area (Å²) in [4.78, 5) is 4.24. The molecule has 2 aliphatic rings. The van der Waals surface area contributed by atoms with Gasteiger partial charge < -0.3 is 15.8 Å². The van der Waals surface area contributed by atoms with E-state index in [2.05, 4.69) is 16.4 Å². The van der Waals surface area contributed by atoms with Crippen LogP contribution in [0, 0.1) is 0 Å². The quantitative estimate of drug-likeness (QED) is 0.648. The van der Waals surface area contributed by atoms with Crippen LogP contribution in [-0.2, 0) is 5.54 Å². The SMILES string of the molecule is NC1=NCC2(CCOc3ccccc32)N1. The Balaban J connectivity index is 2.07. The largest absolute Gasteiger partial charge is 0.493 e. The maximum Gasteiger partial charge on any atom is 0.189 e. The van der Waals surface area contributed by atoms with Gasteiger partial charge in [0.05, 0.1) is 18.7 Å². The summed E-state index contributed by atoms with van der Waals surface area (Å²) in [5.74, 6) is 1.48. The Morgan fingerprint density at radius 2 is 2.27 bits per heavy atom. The first-order valence-corrected chi connectivity index (χ1v) is 5.11. The van der Waals surface area contributed by atoms with Gasteiger partial charge in [-0.1, -0.05) is 18.2 Å². The number of hydrogen-bond donors (Lipinski definition) is 2. The number of rotatable bonds is 0. The van der Waals surface area contributed by atoms with Crippen molar-refractivity contribution in [2.45, 2.75) is 12.0 Å². The van der Waals surface area contributed by atoms with Crippen molar-refractivity contribution in [1.82, 2.24) is 5.32 Å². The third-order valence-electron chi connectivity index (χ3n) is 3.08. The lowest BCUT2D eigenvalue weighted by atomic mass is 9.85. The van der Waals surface area contributed by atoms with E-state index in [1.165, 1.54) is 5.56 Å². The van der Waals surface area contributed by atoms with E-state index in [1.807, 2.05) is 18.2 Å². The highest BCUT2D eigenvalue weighted by molar-refractivity contribution is 5.81. The van der Waals surface area contributed by atoms with Crippen LogP contribution in [0.3, 0.4) is 0 Å². The van der Waals surface area contributed by atoms with Crippen LogP contribution in [0.15, 0.2) is 29.3 Å². The van der Waals surface area contributed by atoms with Crippen molar-refractivity contribution in [3.63, 3.8) is 0 Å². The number of ether oxygens (including phenoxy) is 1. The Labute approximate surface area is 88.1 Å². The average Bonchev–Trinajstić information content (AvgIpc) is 2.62. The number of nitrogens with one attached hydrogen (secondary N) is 1. The second kappa shape index (κ2) is 2.89. The predicted octanol–water partition coefficient (Wildman–Crippen LogP) is 0.582. The van der Waals surface area contributed by atoms with Crippen molar-refractivity contribution in [1.29, 1.82) is 0 Å². The van der Waals surface area contributed by atoms with Gasteiger partial charge in [0.25, 0.3) is 0 Å². The summed E-state index contributed by atoms with van der Waals surface area (Å²) in [6.45, 7) is 1.42. The van der Waals surface area contributed by atoms with Crippen molar-refractivity contribution in [3.8, 4) is 5.75 Å². The van der Waals surface area contributed by atoms with Gasteiger partial charge in [0.2, 0.25) is 0 Å². The smallest absolute Gasteiger partial charge is 0.189 e. The molecule has 1 atom stereocenters. The summed E-state index contributed by atoms with van der Waals surface area (Å²) >= 11 is 0. The minimum absolute atomic E-state index is 0.126. The molecule has 1 unspecified atom stereocenters. The molecule has 0 aliphatic carbocycles. The minimum atomic E-state index is -0.126. The first-order chi connectivity index (χ1) is 7.30. The number of hydrogen-bond acceptors (Lipinski definition) is 4. The summed E-state index contributed by atoms with van der Waals surface area (Å²) in [5.41, 5.74) is 6.74. The zero-order valence-corrected chi connectivity index (χ0v) is 8.36. The predicted molar refractivity (Wildman–Crippen MR) is 57.9 cm³/mol. The van der Waals surface area contributed by atoms with E-state index >= 15 is 0 Å². The van der Waals surface area contributed by atoms with Crippen molar-refractivity contribution >= 4 is 5.96 Å². The third kappa shape index (κ3) is 1.17. The molecule has 1 spiro atoms. The van der Waals surface area contributed by atoms with Crippen molar-refractivity contribution in [3.05, 3.63) is 29.8 Å². The van der Waals surface area contributed by atoms with Crippen LogP contribution in [-0.4, -0.2) is 19.1 Å². The fraction of sp³-hybridized carbons (Fsp3) is 0.364. The van der Waals surface area contributed by atoms with Gasteiger partial charge in [-0.25, -0.2) is 0 Å². The van der Waals surface area contributed by atoms with Gasteiger partial charge in [-0.2, -0.15) is 0 Å². The van der Waals surface area contributed by atoms with Gasteiger partial charge in [0.15, 0.2) is 5.96 Å². The summed E-state index contributed by atoms with van der Waals surface area (Å²) in [6, 6.07) is 8.07. The van der Waals surface area contributed by atoms with E-state index in [9.17, 15) is 0 Å². The molecule has 0 amide bonds. The van der Waals surface area contributed by atoms with Crippen LogP contribution in [0.2, 0.25) is 0 Å². The van der Waals surface area contributed by atoms with Crippen LogP contribution in [0.25, 0.3) is 0 Å². The number of nitrogens with two attached hydrogens (primary N) is 1. The van der Waals surface area contributed by atoms with Gasteiger partial charge >= 0.3 is 0 Å². The zero-order chi connectivity index (χ0) is 10.3. The van der Waals surface area contributed by atoms with Crippen LogP contribution in [0.1, 0.15) is 12.0 Å². The van der Waals surface area contributed by atoms with E-state index in [0.29, 0.717) is 19.1 Å². The molecule has 2 heterocycles. The van der Waals surface area contributed by atoms with Crippen molar-refractivity contribution < 1.29 is 4.74 Å². The standard InChI is InChI=1S/C11H13N3O/c12-10-13-7-11(14-10)5-6-15-9-4-2-1-3-8(9)11/h1-4H,5-7H2,(H3,12,13,14). The molecule has 0 fully saturated rings. The maximum atomic E-state index is 5.70. The monoisotopic (exact) mass is 203 g/mol. The molecule has 1 aromatic rings. The molecule has 0 saturated heterocycles. The molecule has 78 valence electrons. The van der Waals surface area contributed by atoms with E-state index in [1.54, 1.807) is 0 Å². The first-order valence-electron chi connectivity index (χ1n) is 5.11. The first kappa shape index (κ1) is 8.59. The lowest BCUT2D eigenvalue weighted by molar-refractivity contribution is 0.213. The lowest BCUT2D eigenvalue weighted by Gasteiger charge is -2.35. The molecule has 1 aromatic carbocycles. The van der Waals surface area contributed by atoms with E-state index in [-0.39, 0.29) is 5.54 Å².